The summed E-state index contributed by atoms with van der Waals surface area (Å²) in [5.41, 5.74) is 9.25. The summed E-state index contributed by atoms with van der Waals surface area (Å²) in [5, 5.41) is 4.22. The first-order chi connectivity index (χ1) is 18.6. The molecule has 1 aromatic carbocycles. The number of ether oxygens (including phenoxy) is 2. The largest absolute Gasteiger partial charge is 0.462 e. The van der Waals surface area contributed by atoms with E-state index < -0.39 is 5.91 Å². The maximum Gasteiger partial charge on any atom is 0.321 e. The Balaban J connectivity index is 0.00000172. The smallest absolute Gasteiger partial charge is 0.321 e. The lowest BCUT2D eigenvalue weighted by Gasteiger charge is -2.26. The summed E-state index contributed by atoms with van der Waals surface area (Å²) in [4.78, 5) is 29.3. The van der Waals surface area contributed by atoms with Gasteiger partial charge in [0.25, 0.3) is 0 Å². The molecule has 1 amide bonds. The molecule has 1 saturated heterocycles. The van der Waals surface area contributed by atoms with E-state index in [1.807, 2.05) is 27.7 Å². The summed E-state index contributed by atoms with van der Waals surface area (Å²) in [6.07, 6.45) is 3.45. The van der Waals surface area contributed by atoms with Crippen LogP contribution in [0.1, 0.15) is 70.6 Å². The lowest BCUT2D eigenvalue weighted by atomic mass is 10.2. The fourth-order valence-electron chi connectivity index (χ4n) is 3.47. The van der Waals surface area contributed by atoms with Gasteiger partial charge in [-0.3, -0.25) is 15.1 Å². The number of anilines is 2. The molecule has 1 aliphatic rings. The Morgan fingerprint density at radius 3 is 2.45 bits per heavy atom. The number of amides is 1. The van der Waals surface area contributed by atoms with Crippen LogP contribution in [-0.4, -0.2) is 84.5 Å². The second-order valence-corrected chi connectivity index (χ2v) is 7.88. The van der Waals surface area contributed by atoms with Crippen molar-refractivity contribution in [2.75, 3.05) is 62.9 Å². The quantitative estimate of drug-likeness (QED) is 0.293. The molecular formula is C27H46N8O3. The Kier molecular flexibility index (Phi) is 17.0. The first kappa shape index (κ1) is 32.7. The molecule has 0 bridgehead atoms. The molecule has 0 unspecified atom stereocenters. The SMILES string of the molecule is CC.CC.CCCN(CCC)c1nc(/C=N/Nc2cccc(C(N)=O)c2)nc(OCCN2CCOCC2)n1. The number of rotatable bonds is 13. The molecule has 11 heteroatoms. The molecule has 11 nitrogen and oxygen atoms in total. The van der Waals surface area contributed by atoms with Crippen molar-refractivity contribution >= 4 is 23.8 Å². The lowest BCUT2D eigenvalue weighted by molar-refractivity contribution is 0.0317. The van der Waals surface area contributed by atoms with Gasteiger partial charge in [-0.05, 0) is 31.0 Å². The highest BCUT2D eigenvalue weighted by atomic mass is 16.5. The van der Waals surface area contributed by atoms with Gasteiger partial charge >= 0.3 is 6.01 Å². The van der Waals surface area contributed by atoms with Crippen molar-refractivity contribution < 1.29 is 14.3 Å². The molecule has 1 fully saturated rings. The molecule has 1 aliphatic heterocycles. The van der Waals surface area contributed by atoms with E-state index in [0.29, 0.717) is 29.6 Å². The Morgan fingerprint density at radius 1 is 1.13 bits per heavy atom. The Labute approximate surface area is 227 Å². The van der Waals surface area contributed by atoms with Crippen LogP contribution in [0.5, 0.6) is 6.01 Å². The summed E-state index contributed by atoms with van der Waals surface area (Å²) < 4.78 is 11.3. The minimum Gasteiger partial charge on any atom is -0.462 e. The van der Waals surface area contributed by atoms with Crippen molar-refractivity contribution in [3.8, 4) is 6.01 Å². The molecule has 2 aromatic rings. The van der Waals surface area contributed by atoms with Gasteiger partial charge in [0, 0.05) is 38.3 Å². The van der Waals surface area contributed by atoms with Crippen molar-refractivity contribution in [2.45, 2.75) is 54.4 Å². The highest BCUT2D eigenvalue weighted by molar-refractivity contribution is 5.93. The van der Waals surface area contributed by atoms with Crippen LogP contribution in [0.15, 0.2) is 29.4 Å². The van der Waals surface area contributed by atoms with Gasteiger partial charge in [0.1, 0.15) is 6.61 Å². The van der Waals surface area contributed by atoms with Gasteiger partial charge in [0.2, 0.25) is 11.9 Å². The summed E-state index contributed by atoms with van der Waals surface area (Å²) in [5.74, 6) is 0.444. The number of morpholine rings is 1. The highest BCUT2D eigenvalue weighted by Crippen LogP contribution is 2.14. The van der Waals surface area contributed by atoms with Crippen molar-refractivity contribution in [1.29, 1.82) is 0 Å². The number of nitrogens with one attached hydrogen (secondary N) is 1. The van der Waals surface area contributed by atoms with E-state index in [0.717, 1.165) is 58.8 Å². The standard InChI is InChI=1S/C23H34N8O3.2C2H6/c1-3-8-31(9-4-2)22-26-20(17-25-29-19-7-5-6-18(16-19)21(24)32)27-23(28-22)34-15-12-30-10-13-33-14-11-30;2*1-2/h5-7,16-17,29H,3-4,8-15H2,1-2H3,(H2,24,32);2*1-2H3/b25-17+;;. The van der Waals surface area contributed by atoms with Crippen LogP contribution < -0.4 is 20.8 Å². The van der Waals surface area contributed by atoms with Gasteiger partial charge in [-0.25, -0.2) is 0 Å². The van der Waals surface area contributed by atoms with Crippen LogP contribution in [0.2, 0.25) is 0 Å². The number of hydrogen-bond donors (Lipinski definition) is 2. The molecule has 3 N–H and O–H groups in total. The second-order valence-electron chi connectivity index (χ2n) is 7.88. The van der Waals surface area contributed by atoms with E-state index in [4.69, 9.17) is 15.2 Å². The second kappa shape index (κ2) is 19.8. The molecule has 212 valence electrons. The molecule has 38 heavy (non-hydrogen) atoms. The Bertz CT molecular complexity index is 946. The first-order valence-electron chi connectivity index (χ1n) is 13.7. The number of carbonyl (C=O) groups excluding carboxylic acids is 1. The topological polar surface area (TPSA) is 131 Å². The van der Waals surface area contributed by atoms with Crippen LogP contribution in [-0.2, 0) is 4.74 Å². The summed E-state index contributed by atoms with van der Waals surface area (Å²) in [7, 11) is 0. The number of aromatic nitrogens is 3. The minimum absolute atomic E-state index is 0.271. The predicted octanol–water partition coefficient (Wildman–Crippen LogP) is 3.81. The average Bonchev–Trinajstić information content (AvgIpc) is 2.96. The van der Waals surface area contributed by atoms with Crippen LogP contribution in [0.4, 0.5) is 11.6 Å². The minimum atomic E-state index is -0.499. The van der Waals surface area contributed by atoms with Gasteiger partial charge in [-0.1, -0.05) is 47.6 Å². The van der Waals surface area contributed by atoms with Crippen LogP contribution >= 0.6 is 0 Å². The molecule has 2 heterocycles. The molecule has 1 aromatic heterocycles. The first-order valence-corrected chi connectivity index (χ1v) is 13.7. The molecule has 0 radical (unpaired) electrons. The van der Waals surface area contributed by atoms with Crippen LogP contribution in [0.25, 0.3) is 0 Å². The zero-order valence-corrected chi connectivity index (χ0v) is 23.9. The van der Waals surface area contributed by atoms with Gasteiger partial charge < -0.3 is 20.1 Å². The Morgan fingerprint density at radius 2 is 1.82 bits per heavy atom. The molecular weight excluding hydrogens is 484 g/mol. The third-order valence-electron chi connectivity index (χ3n) is 5.15. The molecule has 0 atom stereocenters. The van der Waals surface area contributed by atoms with Gasteiger partial charge in [0.15, 0.2) is 5.82 Å². The number of hydrazone groups is 1. The van der Waals surface area contributed by atoms with E-state index in [-0.39, 0.29) is 6.01 Å². The van der Waals surface area contributed by atoms with Crippen molar-refractivity contribution in [3.05, 3.63) is 35.7 Å². The van der Waals surface area contributed by atoms with E-state index >= 15 is 0 Å². The number of hydrogen-bond acceptors (Lipinski definition) is 10. The van der Waals surface area contributed by atoms with Crippen LogP contribution in [0.3, 0.4) is 0 Å². The van der Waals surface area contributed by atoms with E-state index in [1.165, 1.54) is 6.21 Å². The van der Waals surface area contributed by atoms with E-state index in [1.54, 1.807) is 24.3 Å². The number of primary amides is 1. The zero-order valence-electron chi connectivity index (χ0n) is 23.9. The van der Waals surface area contributed by atoms with Crippen molar-refractivity contribution in [1.82, 2.24) is 19.9 Å². The summed E-state index contributed by atoms with van der Waals surface area (Å²) in [6.45, 7) is 18.4. The lowest BCUT2D eigenvalue weighted by Crippen LogP contribution is -2.38. The number of nitrogens with two attached hydrogens (primary N) is 1. The normalized spacial score (nSPS) is 13.1. The fraction of sp³-hybridized carbons (Fsp3) is 0.593. The molecule has 0 spiro atoms. The average molecular weight is 531 g/mol. The maximum atomic E-state index is 11.4. The van der Waals surface area contributed by atoms with Crippen molar-refractivity contribution in [2.24, 2.45) is 10.8 Å². The molecule has 3 rings (SSSR count). The van der Waals surface area contributed by atoms with Gasteiger partial charge in [-0.2, -0.15) is 20.1 Å². The van der Waals surface area contributed by atoms with Crippen LogP contribution in [0, 0.1) is 0 Å². The zero-order chi connectivity index (χ0) is 28.2. The predicted molar refractivity (Wildman–Crippen MR) is 154 cm³/mol. The molecule has 0 saturated carbocycles. The third kappa shape index (κ3) is 11.8. The fourth-order valence-corrected chi connectivity index (χ4v) is 3.47. The Hall–Kier alpha value is -3.31. The third-order valence-corrected chi connectivity index (χ3v) is 5.15. The van der Waals surface area contributed by atoms with E-state index in [9.17, 15) is 4.79 Å². The van der Waals surface area contributed by atoms with Crippen molar-refractivity contribution in [3.63, 3.8) is 0 Å². The summed E-state index contributed by atoms with van der Waals surface area (Å²) >= 11 is 0. The maximum absolute atomic E-state index is 11.4. The number of benzene rings is 1. The number of carbonyl (C=O) groups is 1. The van der Waals surface area contributed by atoms with E-state index in [2.05, 4.69) is 49.1 Å². The molecule has 0 aliphatic carbocycles. The van der Waals surface area contributed by atoms with Gasteiger partial charge in [-0.15, -0.1) is 0 Å². The summed E-state index contributed by atoms with van der Waals surface area (Å²) in [6, 6.07) is 7.06. The van der Waals surface area contributed by atoms with Gasteiger partial charge in [0.05, 0.1) is 25.1 Å². The monoisotopic (exact) mass is 530 g/mol. The number of nitrogens with zero attached hydrogens (tertiary/aromatic N) is 6. The highest BCUT2D eigenvalue weighted by Gasteiger charge is 2.14.